The van der Waals surface area contributed by atoms with E-state index in [1.807, 2.05) is 42.5 Å². The smallest absolute Gasteiger partial charge is 0.305 e. The molecule has 8 heteroatoms. The molecule has 2 atom stereocenters. The maximum Gasteiger partial charge on any atom is 0.305 e. The minimum absolute atomic E-state index is 0.0340. The molecule has 5 nitrogen and oxygen atoms in total. The number of nitrogens with one attached hydrogen (secondary N) is 1. The number of carbonyl (C=O) groups is 2. The first-order chi connectivity index (χ1) is 18.3. The van der Waals surface area contributed by atoms with Crippen molar-refractivity contribution in [2.24, 2.45) is 0 Å². The van der Waals surface area contributed by atoms with E-state index in [2.05, 4.69) is 22.5 Å². The zero-order valence-electron chi connectivity index (χ0n) is 20.7. The van der Waals surface area contributed by atoms with Gasteiger partial charge >= 0.3 is 5.97 Å². The highest BCUT2D eigenvalue weighted by molar-refractivity contribution is 7.18. The number of amides is 1. The lowest BCUT2D eigenvalue weighted by molar-refractivity contribution is -0.136. The molecule has 1 aromatic heterocycles. The predicted molar refractivity (Wildman–Crippen MR) is 155 cm³/mol. The fraction of sp³-hybridized carbons (Fsp3) is 0.233. The molecule has 0 aliphatic heterocycles. The molecule has 38 heavy (non-hydrogen) atoms. The zero-order valence-corrected chi connectivity index (χ0v) is 23.0. The zero-order chi connectivity index (χ0) is 27.2. The van der Waals surface area contributed by atoms with Gasteiger partial charge in [-0.2, -0.15) is 11.3 Å². The van der Waals surface area contributed by atoms with Crippen LogP contribution < -0.4 is 5.32 Å². The Kier molecular flexibility index (Phi) is 9.06. The van der Waals surface area contributed by atoms with Gasteiger partial charge in [0.15, 0.2) is 0 Å². The summed E-state index contributed by atoms with van der Waals surface area (Å²) in [6, 6.07) is 19.0. The van der Waals surface area contributed by atoms with Crippen molar-refractivity contribution in [3.8, 4) is 0 Å². The fourth-order valence-corrected chi connectivity index (χ4v) is 6.22. The number of benzene rings is 3. The van der Waals surface area contributed by atoms with Gasteiger partial charge in [-0.15, -0.1) is 0 Å². The summed E-state index contributed by atoms with van der Waals surface area (Å²) in [6.45, 7) is 9.85. The monoisotopic (exact) mass is 564 g/mol. The maximum atomic E-state index is 12.5. The Morgan fingerprint density at radius 2 is 1.71 bits per heavy atom. The SMILES string of the molecule is [C-]#[N+]c1cc(Cl)cc2c(C(c3ccc(Cl)cc3)[C@H](CCC)c3ccc(C(=O)NCCC(=O)O)cc3)csc12. The van der Waals surface area contributed by atoms with Crippen molar-refractivity contribution in [2.75, 3.05) is 6.54 Å². The number of hydrogen-bond donors (Lipinski definition) is 2. The Labute approximate surface area is 235 Å². The second kappa shape index (κ2) is 12.4. The number of carboxylic acids is 1. The van der Waals surface area contributed by atoms with E-state index < -0.39 is 5.97 Å². The van der Waals surface area contributed by atoms with Crippen molar-refractivity contribution in [1.29, 1.82) is 0 Å². The van der Waals surface area contributed by atoms with Crippen molar-refractivity contribution in [3.05, 3.63) is 110 Å². The van der Waals surface area contributed by atoms with Crippen LogP contribution in [0.4, 0.5) is 5.69 Å². The van der Waals surface area contributed by atoms with E-state index in [0.29, 0.717) is 21.3 Å². The Balaban J connectivity index is 1.78. The van der Waals surface area contributed by atoms with E-state index in [1.54, 1.807) is 29.5 Å². The van der Waals surface area contributed by atoms with Crippen LogP contribution in [0.15, 0.2) is 66.0 Å². The van der Waals surface area contributed by atoms with Gasteiger partial charge in [-0.05, 0) is 76.2 Å². The first-order valence-electron chi connectivity index (χ1n) is 12.3. The van der Waals surface area contributed by atoms with Gasteiger partial charge in [-0.1, -0.05) is 60.8 Å². The van der Waals surface area contributed by atoms with Gasteiger partial charge in [0.2, 0.25) is 5.69 Å². The molecular formula is C30H26Cl2N2O3S. The van der Waals surface area contributed by atoms with Crippen molar-refractivity contribution in [1.82, 2.24) is 5.32 Å². The van der Waals surface area contributed by atoms with Crippen molar-refractivity contribution >= 4 is 62.2 Å². The summed E-state index contributed by atoms with van der Waals surface area (Å²) in [4.78, 5) is 26.9. The Bertz CT molecular complexity index is 1490. The number of aliphatic carboxylic acids is 1. The van der Waals surface area contributed by atoms with E-state index in [-0.39, 0.29) is 30.7 Å². The molecule has 0 fully saturated rings. The quantitative estimate of drug-likeness (QED) is 0.189. The van der Waals surface area contributed by atoms with Crippen molar-refractivity contribution < 1.29 is 14.7 Å². The highest BCUT2D eigenvalue weighted by Gasteiger charge is 2.29. The molecule has 1 heterocycles. The Morgan fingerprint density at radius 1 is 1.03 bits per heavy atom. The molecule has 0 saturated heterocycles. The van der Waals surface area contributed by atoms with Crippen molar-refractivity contribution in [3.63, 3.8) is 0 Å². The lowest BCUT2D eigenvalue weighted by Gasteiger charge is -2.29. The van der Waals surface area contributed by atoms with Crippen LogP contribution in [0.25, 0.3) is 14.9 Å². The molecular weight excluding hydrogens is 539 g/mol. The van der Waals surface area contributed by atoms with Crippen LogP contribution >= 0.6 is 34.5 Å². The molecule has 0 aliphatic carbocycles. The minimum atomic E-state index is -0.956. The largest absolute Gasteiger partial charge is 0.481 e. The van der Waals surface area contributed by atoms with Gasteiger partial charge in [-0.3, -0.25) is 9.59 Å². The Morgan fingerprint density at radius 3 is 2.34 bits per heavy atom. The third-order valence-corrected chi connectivity index (χ3v) is 8.07. The fourth-order valence-electron chi connectivity index (χ4n) is 4.83. The van der Waals surface area contributed by atoms with Crippen LogP contribution in [-0.2, 0) is 4.79 Å². The lowest BCUT2D eigenvalue weighted by atomic mass is 9.75. The molecule has 4 rings (SSSR count). The maximum absolute atomic E-state index is 12.5. The summed E-state index contributed by atoms with van der Waals surface area (Å²) >= 11 is 14.2. The second-order valence-corrected chi connectivity index (χ2v) is 10.8. The van der Waals surface area contributed by atoms with E-state index >= 15 is 0 Å². The molecule has 0 radical (unpaired) electrons. The number of carboxylic acid groups (broad SMARTS) is 1. The summed E-state index contributed by atoms with van der Waals surface area (Å²) in [5, 5.41) is 15.8. The van der Waals surface area contributed by atoms with Gasteiger partial charge in [0, 0.05) is 32.8 Å². The molecule has 4 aromatic rings. The van der Waals surface area contributed by atoms with E-state index in [1.165, 1.54) is 0 Å². The van der Waals surface area contributed by atoms with Crippen molar-refractivity contribution in [2.45, 2.75) is 38.0 Å². The third-order valence-electron chi connectivity index (χ3n) is 6.56. The van der Waals surface area contributed by atoms with Gasteiger partial charge in [0.05, 0.1) is 13.0 Å². The Hall–Kier alpha value is -3.37. The average Bonchev–Trinajstić information content (AvgIpc) is 3.32. The highest BCUT2D eigenvalue weighted by atomic mass is 35.5. The second-order valence-electron chi connectivity index (χ2n) is 9.05. The first-order valence-corrected chi connectivity index (χ1v) is 13.9. The normalized spacial score (nSPS) is 12.6. The van der Waals surface area contributed by atoms with Gasteiger partial charge in [0.25, 0.3) is 5.91 Å². The summed E-state index contributed by atoms with van der Waals surface area (Å²) < 4.78 is 0.919. The molecule has 0 spiro atoms. The standard InChI is InChI=1S/C30H26Cl2N2O3S/c1-3-4-23(18-5-7-20(8-6-18)30(37)34-14-13-27(35)36)28(19-9-11-21(31)12-10-19)25-17-38-29-24(25)15-22(32)16-26(29)33-2/h5-12,15-17,23,28H,3-4,13-14H2,1H3,(H,34,37)(H,35,36)/t23-,28?/m1/s1. The molecule has 0 saturated carbocycles. The summed E-state index contributed by atoms with van der Waals surface area (Å²) in [5.74, 6) is -1.21. The van der Waals surface area contributed by atoms with E-state index in [0.717, 1.165) is 39.6 Å². The number of thiophene rings is 1. The summed E-state index contributed by atoms with van der Waals surface area (Å²) in [7, 11) is 0. The van der Waals surface area contributed by atoms with Crippen LogP contribution in [0.1, 0.15) is 65.1 Å². The molecule has 1 unspecified atom stereocenters. The minimum Gasteiger partial charge on any atom is -0.481 e. The van der Waals surface area contributed by atoms with Gasteiger partial charge < -0.3 is 10.4 Å². The molecule has 0 bridgehead atoms. The van der Waals surface area contributed by atoms with Gasteiger partial charge in [-0.25, -0.2) is 4.85 Å². The average molecular weight is 566 g/mol. The number of carbonyl (C=O) groups excluding carboxylic acids is 1. The summed E-state index contributed by atoms with van der Waals surface area (Å²) in [5.41, 5.74) is 4.32. The van der Waals surface area contributed by atoms with Crippen LogP contribution in [0, 0.1) is 6.57 Å². The summed E-state index contributed by atoms with van der Waals surface area (Å²) in [6.07, 6.45) is 1.71. The highest BCUT2D eigenvalue weighted by Crippen LogP contribution is 2.48. The first kappa shape index (κ1) is 27.7. The number of halogens is 2. The van der Waals surface area contributed by atoms with Crippen LogP contribution in [0.5, 0.6) is 0 Å². The number of nitrogens with zero attached hydrogens (tertiary/aromatic N) is 1. The predicted octanol–water partition coefficient (Wildman–Crippen LogP) is 8.68. The third kappa shape index (κ3) is 6.19. The molecule has 2 N–H and O–H groups in total. The molecule has 0 aliphatic rings. The number of rotatable bonds is 10. The number of hydrogen-bond acceptors (Lipinski definition) is 3. The van der Waals surface area contributed by atoms with Crippen LogP contribution in [-0.4, -0.2) is 23.5 Å². The van der Waals surface area contributed by atoms with E-state index in [9.17, 15) is 9.59 Å². The molecule has 3 aromatic carbocycles. The topological polar surface area (TPSA) is 70.8 Å². The van der Waals surface area contributed by atoms with Gasteiger partial charge in [0.1, 0.15) is 0 Å². The molecule has 1 amide bonds. The van der Waals surface area contributed by atoms with E-state index in [4.69, 9.17) is 34.9 Å². The van der Waals surface area contributed by atoms with Crippen LogP contribution in [0.2, 0.25) is 10.0 Å². The van der Waals surface area contributed by atoms with Crippen LogP contribution in [0.3, 0.4) is 0 Å². The number of fused-ring (bicyclic) bond motifs is 1. The molecule has 194 valence electrons. The lowest BCUT2D eigenvalue weighted by Crippen LogP contribution is -2.26.